The van der Waals surface area contributed by atoms with E-state index in [1.165, 1.54) is 0 Å². The number of carbonyl (C=O) groups excluding carboxylic acids is 1. The molecule has 0 fully saturated rings. The van der Waals surface area contributed by atoms with Gasteiger partial charge in [0.25, 0.3) is 5.91 Å². The number of nitrogens with zero attached hydrogens (tertiary/aromatic N) is 3. The Bertz CT molecular complexity index is 584. The van der Waals surface area contributed by atoms with Crippen molar-refractivity contribution in [2.75, 3.05) is 12.3 Å². The van der Waals surface area contributed by atoms with Crippen LogP contribution in [0.3, 0.4) is 0 Å². The molecular weight excluding hydrogens is 260 g/mol. The maximum atomic E-state index is 12.3. The van der Waals surface area contributed by atoms with Crippen molar-refractivity contribution in [1.82, 2.24) is 25.9 Å². The summed E-state index contributed by atoms with van der Waals surface area (Å²) in [6.45, 7) is 4.01. The van der Waals surface area contributed by atoms with Crippen LogP contribution in [0.2, 0.25) is 0 Å². The highest BCUT2D eigenvalue weighted by Gasteiger charge is 2.19. The monoisotopic (exact) mass is 276 g/mol. The number of aromatic nitrogens is 4. The van der Waals surface area contributed by atoms with E-state index in [1.54, 1.807) is 25.1 Å². The number of hydrogen-bond donors (Lipinski definition) is 3. The van der Waals surface area contributed by atoms with Crippen LogP contribution in [0.25, 0.3) is 0 Å². The molecule has 2 rings (SSSR count). The standard InChI is InChI=1S/C12H16N6O2/c1-3-20-10-8(5-4-6-9(10)13)12(19)14-7(2)11-15-17-18-16-11/h4-7H,3,13H2,1-2H3,(H,14,19)(H,15,16,17,18). The van der Waals surface area contributed by atoms with Crippen molar-refractivity contribution in [2.24, 2.45) is 0 Å². The summed E-state index contributed by atoms with van der Waals surface area (Å²) in [4.78, 5) is 12.3. The molecule has 1 amide bonds. The van der Waals surface area contributed by atoms with Gasteiger partial charge < -0.3 is 15.8 Å². The van der Waals surface area contributed by atoms with Gasteiger partial charge in [0, 0.05) is 0 Å². The molecule has 0 bridgehead atoms. The Kier molecular flexibility index (Phi) is 4.14. The molecule has 0 aliphatic rings. The minimum absolute atomic E-state index is 0.307. The summed E-state index contributed by atoms with van der Waals surface area (Å²) in [6.07, 6.45) is 0. The average molecular weight is 276 g/mol. The highest BCUT2D eigenvalue weighted by atomic mass is 16.5. The Hall–Kier alpha value is -2.64. The van der Waals surface area contributed by atoms with Gasteiger partial charge >= 0.3 is 0 Å². The maximum absolute atomic E-state index is 12.3. The number of ether oxygens (including phenoxy) is 1. The Labute approximate surface area is 115 Å². The third-order valence-electron chi connectivity index (χ3n) is 2.68. The van der Waals surface area contributed by atoms with Crippen molar-refractivity contribution in [1.29, 1.82) is 0 Å². The molecule has 106 valence electrons. The summed E-state index contributed by atoms with van der Waals surface area (Å²) >= 11 is 0. The van der Waals surface area contributed by atoms with Crippen LogP contribution in [0, 0.1) is 0 Å². The minimum atomic E-state index is -0.378. The quantitative estimate of drug-likeness (QED) is 0.691. The Morgan fingerprint density at radius 1 is 1.55 bits per heavy atom. The molecule has 0 aliphatic carbocycles. The number of para-hydroxylation sites is 1. The van der Waals surface area contributed by atoms with Crippen LogP contribution in [0.4, 0.5) is 5.69 Å². The lowest BCUT2D eigenvalue weighted by Gasteiger charge is -2.14. The van der Waals surface area contributed by atoms with Gasteiger partial charge in [0.15, 0.2) is 11.6 Å². The van der Waals surface area contributed by atoms with Gasteiger partial charge in [-0.05, 0) is 26.0 Å². The van der Waals surface area contributed by atoms with Crippen LogP contribution < -0.4 is 15.8 Å². The summed E-state index contributed by atoms with van der Waals surface area (Å²) in [5.74, 6) is 0.478. The van der Waals surface area contributed by atoms with E-state index in [1.807, 2.05) is 6.92 Å². The predicted molar refractivity (Wildman–Crippen MR) is 72.1 cm³/mol. The molecular formula is C12H16N6O2. The number of nitrogen functional groups attached to an aromatic ring is 1. The highest BCUT2D eigenvalue weighted by molar-refractivity contribution is 5.98. The van der Waals surface area contributed by atoms with Crippen LogP contribution in [-0.2, 0) is 0 Å². The molecule has 0 spiro atoms. The second-order valence-electron chi connectivity index (χ2n) is 4.12. The topological polar surface area (TPSA) is 119 Å². The Balaban J connectivity index is 2.19. The van der Waals surface area contributed by atoms with Crippen LogP contribution >= 0.6 is 0 Å². The van der Waals surface area contributed by atoms with Crippen molar-refractivity contribution >= 4 is 11.6 Å². The van der Waals surface area contributed by atoms with Gasteiger partial charge in [-0.25, -0.2) is 0 Å². The predicted octanol–water partition coefficient (Wildman–Crippen LogP) is 0.672. The van der Waals surface area contributed by atoms with E-state index in [4.69, 9.17) is 10.5 Å². The molecule has 4 N–H and O–H groups in total. The summed E-state index contributed by atoms with van der Waals surface area (Å²) in [6, 6.07) is 4.66. The number of aromatic amines is 1. The van der Waals surface area contributed by atoms with Crippen molar-refractivity contribution < 1.29 is 9.53 Å². The zero-order chi connectivity index (χ0) is 14.5. The number of amides is 1. The van der Waals surface area contributed by atoms with Gasteiger partial charge in [-0.3, -0.25) is 4.79 Å². The molecule has 1 aromatic carbocycles. The number of tetrazole rings is 1. The molecule has 1 aromatic heterocycles. The normalized spacial score (nSPS) is 11.9. The van der Waals surface area contributed by atoms with E-state index >= 15 is 0 Å². The number of nitrogens with two attached hydrogens (primary N) is 1. The molecule has 8 heteroatoms. The molecule has 2 aromatic rings. The first-order valence-corrected chi connectivity index (χ1v) is 6.19. The van der Waals surface area contributed by atoms with Crippen LogP contribution in [0.15, 0.2) is 18.2 Å². The highest BCUT2D eigenvalue weighted by Crippen LogP contribution is 2.26. The van der Waals surface area contributed by atoms with Crippen molar-refractivity contribution in [2.45, 2.75) is 19.9 Å². The minimum Gasteiger partial charge on any atom is -0.491 e. The van der Waals surface area contributed by atoms with Gasteiger partial charge in [-0.2, -0.15) is 5.21 Å². The number of rotatable bonds is 5. The lowest BCUT2D eigenvalue weighted by atomic mass is 10.1. The van der Waals surface area contributed by atoms with Gasteiger partial charge in [0.1, 0.15) is 0 Å². The van der Waals surface area contributed by atoms with Crippen molar-refractivity contribution in [3.63, 3.8) is 0 Å². The molecule has 0 saturated carbocycles. The largest absolute Gasteiger partial charge is 0.491 e. The number of nitrogens with one attached hydrogen (secondary N) is 2. The molecule has 8 nitrogen and oxygen atoms in total. The average Bonchev–Trinajstić information content (AvgIpc) is 2.95. The SMILES string of the molecule is CCOc1c(N)cccc1C(=O)NC(C)c1nn[nH]n1. The second-order valence-corrected chi connectivity index (χ2v) is 4.12. The number of hydrogen-bond acceptors (Lipinski definition) is 6. The van der Waals surface area contributed by atoms with Crippen LogP contribution in [-0.4, -0.2) is 33.1 Å². The lowest BCUT2D eigenvalue weighted by Crippen LogP contribution is -2.28. The third kappa shape index (κ3) is 2.85. The molecule has 1 heterocycles. The zero-order valence-electron chi connectivity index (χ0n) is 11.3. The van der Waals surface area contributed by atoms with Crippen molar-refractivity contribution in [3.8, 4) is 5.75 Å². The van der Waals surface area contributed by atoms with Gasteiger partial charge in [-0.1, -0.05) is 11.3 Å². The molecule has 0 radical (unpaired) electrons. The van der Waals surface area contributed by atoms with E-state index in [-0.39, 0.29) is 11.9 Å². The first kappa shape index (κ1) is 13.8. The molecule has 1 atom stereocenters. The maximum Gasteiger partial charge on any atom is 0.255 e. The first-order chi connectivity index (χ1) is 9.63. The number of H-pyrrole nitrogens is 1. The van der Waals surface area contributed by atoms with Gasteiger partial charge in [0.05, 0.1) is 23.9 Å². The van der Waals surface area contributed by atoms with E-state index in [2.05, 4.69) is 25.9 Å². The first-order valence-electron chi connectivity index (χ1n) is 6.19. The van der Waals surface area contributed by atoms with E-state index < -0.39 is 0 Å². The third-order valence-corrected chi connectivity index (χ3v) is 2.68. The van der Waals surface area contributed by atoms with Crippen LogP contribution in [0.5, 0.6) is 5.75 Å². The zero-order valence-corrected chi connectivity index (χ0v) is 11.3. The summed E-state index contributed by atoms with van der Waals surface area (Å²) in [5, 5.41) is 16.2. The molecule has 20 heavy (non-hydrogen) atoms. The molecule has 0 aliphatic heterocycles. The molecule has 0 saturated heterocycles. The van der Waals surface area contributed by atoms with E-state index in [0.717, 1.165) is 0 Å². The smallest absolute Gasteiger partial charge is 0.255 e. The summed E-state index contributed by atoms with van der Waals surface area (Å²) < 4.78 is 5.43. The summed E-state index contributed by atoms with van der Waals surface area (Å²) in [5.41, 5.74) is 6.63. The van der Waals surface area contributed by atoms with Gasteiger partial charge in [0.2, 0.25) is 0 Å². The van der Waals surface area contributed by atoms with Crippen LogP contribution in [0.1, 0.15) is 36.1 Å². The fourth-order valence-electron chi connectivity index (χ4n) is 1.73. The number of carbonyl (C=O) groups is 1. The second kappa shape index (κ2) is 6.00. The van der Waals surface area contributed by atoms with E-state index in [0.29, 0.717) is 29.4 Å². The van der Waals surface area contributed by atoms with Gasteiger partial charge in [-0.15, -0.1) is 10.2 Å². The fourth-order valence-corrected chi connectivity index (χ4v) is 1.73. The summed E-state index contributed by atoms with van der Waals surface area (Å²) in [7, 11) is 0. The lowest BCUT2D eigenvalue weighted by molar-refractivity contribution is 0.0934. The Morgan fingerprint density at radius 3 is 3.00 bits per heavy atom. The number of benzene rings is 1. The fraction of sp³-hybridized carbons (Fsp3) is 0.333. The van der Waals surface area contributed by atoms with Crippen molar-refractivity contribution in [3.05, 3.63) is 29.6 Å². The molecule has 1 unspecified atom stereocenters. The number of anilines is 1. The van der Waals surface area contributed by atoms with E-state index in [9.17, 15) is 4.79 Å². The Morgan fingerprint density at radius 2 is 2.35 bits per heavy atom.